The molecule has 0 atom stereocenters. The second-order valence-electron chi connectivity index (χ2n) is 6.56. The first-order valence-electron chi connectivity index (χ1n) is 8.91. The maximum Gasteiger partial charge on any atom is 0.255 e. The van der Waals surface area contributed by atoms with E-state index < -0.39 is 0 Å². The van der Waals surface area contributed by atoms with E-state index in [0.717, 1.165) is 16.8 Å². The molecule has 1 amide bonds. The van der Waals surface area contributed by atoms with Crippen molar-refractivity contribution in [3.8, 4) is 16.8 Å². The molecule has 0 spiro atoms. The Bertz CT molecular complexity index is 1230. The Morgan fingerprint density at radius 2 is 1.57 bits per heavy atom. The van der Waals surface area contributed by atoms with Crippen molar-refractivity contribution >= 4 is 17.4 Å². The van der Waals surface area contributed by atoms with Gasteiger partial charge >= 0.3 is 0 Å². The molecule has 0 saturated heterocycles. The van der Waals surface area contributed by atoms with Crippen molar-refractivity contribution in [2.45, 2.75) is 0 Å². The lowest BCUT2D eigenvalue weighted by atomic mass is 10.0. The molecule has 0 aliphatic heterocycles. The van der Waals surface area contributed by atoms with Crippen LogP contribution in [0.1, 0.15) is 26.3 Å². The largest absolute Gasteiger partial charge is 0.320 e. The van der Waals surface area contributed by atoms with Crippen molar-refractivity contribution in [2.75, 3.05) is 5.32 Å². The van der Waals surface area contributed by atoms with Crippen LogP contribution in [0.25, 0.3) is 16.8 Å². The van der Waals surface area contributed by atoms with E-state index in [1.54, 1.807) is 23.0 Å². The van der Waals surface area contributed by atoms with E-state index in [4.69, 9.17) is 0 Å². The summed E-state index contributed by atoms with van der Waals surface area (Å²) in [5, 5.41) is 7.16. The van der Waals surface area contributed by atoms with Crippen LogP contribution in [-0.4, -0.2) is 21.5 Å². The fourth-order valence-corrected chi connectivity index (χ4v) is 3.55. The number of anilines is 1. The maximum atomic E-state index is 12.9. The molecule has 5 heteroatoms. The number of ketones is 1. The van der Waals surface area contributed by atoms with Crippen molar-refractivity contribution in [2.24, 2.45) is 0 Å². The minimum absolute atomic E-state index is 0.0443. The summed E-state index contributed by atoms with van der Waals surface area (Å²) in [6, 6.07) is 22.0. The minimum Gasteiger partial charge on any atom is -0.320 e. The molecule has 0 fully saturated rings. The highest BCUT2D eigenvalue weighted by molar-refractivity contribution is 6.22. The standard InChI is InChI=1S/C23H15N3O2/c27-22-18-7-2-1-6-16(18)17-11-10-15(14-19(17)22)23(28)25-20-8-3-4-9-21(20)26-13-5-12-24-26/h1-14H,(H,25,28). The molecule has 1 aliphatic carbocycles. The summed E-state index contributed by atoms with van der Waals surface area (Å²) < 4.78 is 1.69. The Kier molecular flexibility index (Phi) is 3.66. The second-order valence-corrected chi connectivity index (χ2v) is 6.56. The van der Waals surface area contributed by atoms with Crippen molar-refractivity contribution in [1.29, 1.82) is 0 Å². The van der Waals surface area contributed by atoms with Crippen molar-refractivity contribution in [3.63, 3.8) is 0 Å². The zero-order valence-electron chi connectivity index (χ0n) is 14.8. The predicted molar refractivity (Wildman–Crippen MR) is 107 cm³/mol. The third-order valence-corrected chi connectivity index (χ3v) is 4.89. The molecule has 4 aromatic rings. The molecule has 0 saturated carbocycles. The molecule has 28 heavy (non-hydrogen) atoms. The van der Waals surface area contributed by atoms with E-state index in [1.165, 1.54) is 0 Å². The fourth-order valence-electron chi connectivity index (χ4n) is 3.55. The maximum absolute atomic E-state index is 12.9. The first kappa shape index (κ1) is 16.2. The molecule has 1 N–H and O–H groups in total. The van der Waals surface area contributed by atoms with E-state index in [2.05, 4.69) is 10.4 Å². The van der Waals surface area contributed by atoms with Crippen LogP contribution in [0.15, 0.2) is 85.2 Å². The van der Waals surface area contributed by atoms with Crippen LogP contribution >= 0.6 is 0 Å². The third kappa shape index (κ3) is 2.53. The first-order valence-corrected chi connectivity index (χ1v) is 8.91. The fraction of sp³-hybridized carbons (Fsp3) is 0. The highest BCUT2D eigenvalue weighted by Crippen LogP contribution is 2.36. The molecule has 5 rings (SSSR count). The first-order chi connectivity index (χ1) is 13.7. The number of rotatable bonds is 3. The van der Waals surface area contributed by atoms with Crippen LogP contribution in [0, 0.1) is 0 Å². The van der Waals surface area contributed by atoms with Crippen LogP contribution in [0.4, 0.5) is 5.69 Å². The second kappa shape index (κ2) is 6.32. The predicted octanol–water partition coefficient (Wildman–Crippen LogP) is 4.34. The number of nitrogens with zero attached hydrogens (tertiary/aromatic N) is 2. The molecule has 1 heterocycles. The van der Waals surface area contributed by atoms with Crippen LogP contribution in [0.5, 0.6) is 0 Å². The van der Waals surface area contributed by atoms with Crippen LogP contribution in [0.3, 0.4) is 0 Å². The number of aromatic nitrogens is 2. The number of para-hydroxylation sites is 2. The molecule has 5 nitrogen and oxygen atoms in total. The summed E-state index contributed by atoms with van der Waals surface area (Å²) in [7, 11) is 0. The Morgan fingerprint density at radius 3 is 2.39 bits per heavy atom. The van der Waals surface area contributed by atoms with Gasteiger partial charge in [-0.25, -0.2) is 4.68 Å². The van der Waals surface area contributed by atoms with E-state index in [0.29, 0.717) is 22.4 Å². The zero-order valence-corrected chi connectivity index (χ0v) is 14.8. The average Bonchev–Trinajstić information content (AvgIpc) is 3.36. The number of benzene rings is 3. The van der Waals surface area contributed by atoms with Crippen LogP contribution in [-0.2, 0) is 0 Å². The lowest BCUT2D eigenvalue weighted by molar-refractivity contribution is 0.102. The van der Waals surface area contributed by atoms with Gasteiger partial charge in [-0.15, -0.1) is 0 Å². The Labute approximate surface area is 161 Å². The molecule has 1 aliphatic rings. The summed E-state index contributed by atoms with van der Waals surface area (Å²) in [4.78, 5) is 25.6. The smallest absolute Gasteiger partial charge is 0.255 e. The van der Waals surface area contributed by atoms with Gasteiger partial charge in [0.2, 0.25) is 0 Å². The number of hydrogen-bond donors (Lipinski definition) is 1. The highest BCUT2D eigenvalue weighted by Gasteiger charge is 2.27. The van der Waals surface area contributed by atoms with Gasteiger partial charge in [0.1, 0.15) is 0 Å². The van der Waals surface area contributed by atoms with Gasteiger partial charge in [-0.05, 0) is 41.5 Å². The third-order valence-electron chi connectivity index (χ3n) is 4.89. The average molecular weight is 365 g/mol. The Morgan fingerprint density at radius 1 is 0.821 bits per heavy atom. The molecule has 0 unspecified atom stereocenters. The minimum atomic E-state index is -0.272. The van der Waals surface area contributed by atoms with Crippen LogP contribution < -0.4 is 5.32 Å². The van der Waals surface area contributed by atoms with E-state index >= 15 is 0 Å². The van der Waals surface area contributed by atoms with Crippen molar-refractivity contribution in [1.82, 2.24) is 9.78 Å². The van der Waals surface area contributed by atoms with Gasteiger partial charge in [0, 0.05) is 29.1 Å². The van der Waals surface area contributed by atoms with Gasteiger partial charge in [0.25, 0.3) is 5.91 Å². The van der Waals surface area contributed by atoms with Crippen LogP contribution in [0.2, 0.25) is 0 Å². The van der Waals surface area contributed by atoms with Crippen molar-refractivity contribution in [3.05, 3.63) is 102 Å². The normalized spacial score (nSPS) is 11.8. The summed E-state index contributed by atoms with van der Waals surface area (Å²) >= 11 is 0. The summed E-state index contributed by atoms with van der Waals surface area (Å²) in [6.45, 7) is 0. The van der Waals surface area contributed by atoms with Gasteiger partial charge in [0.05, 0.1) is 11.4 Å². The summed E-state index contributed by atoms with van der Waals surface area (Å²) in [5.41, 5.74) is 4.88. The summed E-state index contributed by atoms with van der Waals surface area (Å²) in [5.74, 6) is -0.316. The lowest BCUT2D eigenvalue weighted by Gasteiger charge is -2.11. The van der Waals surface area contributed by atoms with Gasteiger partial charge in [-0.3, -0.25) is 9.59 Å². The molecule has 0 bridgehead atoms. The van der Waals surface area contributed by atoms with E-state index in [9.17, 15) is 9.59 Å². The van der Waals surface area contributed by atoms with E-state index in [1.807, 2.05) is 66.9 Å². The number of nitrogens with one attached hydrogen (secondary N) is 1. The zero-order chi connectivity index (χ0) is 19.1. The van der Waals surface area contributed by atoms with Crippen molar-refractivity contribution < 1.29 is 9.59 Å². The number of carbonyl (C=O) groups is 2. The Balaban J connectivity index is 1.48. The Hall–Kier alpha value is -3.99. The molecule has 1 aromatic heterocycles. The molecule has 3 aromatic carbocycles. The SMILES string of the molecule is O=C(Nc1ccccc1-n1cccn1)c1ccc2c(c1)C(=O)c1ccccc1-2. The molecule has 0 radical (unpaired) electrons. The van der Waals surface area contributed by atoms with Gasteiger partial charge in [0.15, 0.2) is 5.78 Å². The van der Waals surface area contributed by atoms with E-state index in [-0.39, 0.29) is 11.7 Å². The van der Waals surface area contributed by atoms with Gasteiger partial charge < -0.3 is 5.32 Å². The number of hydrogen-bond acceptors (Lipinski definition) is 3. The lowest BCUT2D eigenvalue weighted by Crippen LogP contribution is -2.14. The number of fused-ring (bicyclic) bond motifs is 3. The topological polar surface area (TPSA) is 64.0 Å². The highest BCUT2D eigenvalue weighted by atomic mass is 16.1. The monoisotopic (exact) mass is 365 g/mol. The summed E-state index contributed by atoms with van der Waals surface area (Å²) in [6.07, 6.45) is 3.50. The molecular formula is C23H15N3O2. The number of amides is 1. The number of carbonyl (C=O) groups excluding carboxylic acids is 2. The van der Waals surface area contributed by atoms with Gasteiger partial charge in [-0.1, -0.05) is 42.5 Å². The van der Waals surface area contributed by atoms with Gasteiger partial charge in [-0.2, -0.15) is 5.10 Å². The molecular weight excluding hydrogens is 350 g/mol. The quantitative estimate of drug-likeness (QED) is 0.517. The molecule has 134 valence electrons.